The lowest BCUT2D eigenvalue weighted by molar-refractivity contribution is 0.150. The van der Waals surface area contributed by atoms with E-state index in [2.05, 4.69) is 6.92 Å². The second-order valence-corrected chi connectivity index (χ2v) is 7.74. The number of hydrogen-bond acceptors (Lipinski definition) is 3. The Morgan fingerprint density at radius 3 is 1.71 bits per heavy atom. The van der Waals surface area contributed by atoms with E-state index < -0.39 is 15.4 Å². The van der Waals surface area contributed by atoms with Crippen LogP contribution in [0.5, 0.6) is 0 Å². The Balaban J connectivity index is 3.41. The van der Waals surface area contributed by atoms with Gasteiger partial charge in [0.25, 0.3) is 10.1 Å². The Morgan fingerprint density at radius 2 is 1.29 bits per heavy atom. The molecule has 0 heterocycles. The number of hydrogen-bond donors (Lipinski definition) is 2. The van der Waals surface area contributed by atoms with Crippen LogP contribution in [-0.2, 0) is 10.1 Å². The summed E-state index contributed by atoms with van der Waals surface area (Å²) in [6, 6.07) is 0. The Hall–Kier alpha value is -0.130. The molecule has 0 aliphatic heterocycles. The normalized spacial score (nSPS) is 15.0. The van der Waals surface area contributed by atoms with E-state index in [1.807, 2.05) is 0 Å². The summed E-state index contributed by atoms with van der Waals surface area (Å²) < 4.78 is 31.1. The molecule has 0 saturated heterocycles. The molecule has 0 saturated carbocycles. The fourth-order valence-electron chi connectivity index (χ4n) is 2.68. The van der Waals surface area contributed by atoms with Crippen molar-refractivity contribution in [2.24, 2.45) is 0 Å². The van der Waals surface area contributed by atoms with Gasteiger partial charge in [-0.05, 0) is 25.7 Å². The van der Waals surface area contributed by atoms with Gasteiger partial charge in [0, 0.05) is 0 Å². The van der Waals surface area contributed by atoms with Crippen molar-refractivity contribution in [2.75, 3.05) is 0 Å². The summed E-state index contributed by atoms with van der Waals surface area (Å²) in [6.07, 6.45) is 11.5. The van der Waals surface area contributed by atoms with Gasteiger partial charge < -0.3 is 5.11 Å². The second kappa shape index (κ2) is 12.4. The minimum absolute atomic E-state index is 0.124. The van der Waals surface area contributed by atoms with Gasteiger partial charge >= 0.3 is 0 Å². The Kier molecular flexibility index (Phi) is 12.3. The maximum atomic E-state index is 11.0. The topological polar surface area (TPSA) is 74.6 Å². The van der Waals surface area contributed by atoms with E-state index in [1.54, 1.807) is 6.92 Å². The van der Waals surface area contributed by atoms with Crippen LogP contribution >= 0.6 is 0 Å². The molecule has 21 heavy (non-hydrogen) atoms. The van der Waals surface area contributed by atoms with Crippen molar-refractivity contribution < 1.29 is 18.1 Å². The van der Waals surface area contributed by atoms with Crippen LogP contribution < -0.4 is 0 Å². The molecule has 0 amide bonds. The van der Waals surface area contributed by atoms with Gasteiger partial charge in [-0.15, -0.1) is 0 Å². The van der Waals surface area contributed by atoms with Crippen molar-refractivity contribution in [2.45, 2.75) is 102 Å². The molecule has 2 atom stereocenters. The van der Waals surface area contributed by atoms with Crippen molar-refractivity contribution in [1.29, 1.82) is 0 Å². The number of aliphatic hydroxyl groups excluding tert-OH is 1. The van der Waals surface area contributed by atoms with Gasteiger partial charge in [0.1, 0.15) is 0 Å². The molecule has 0 aliphatic rings. The SMILES string of the molecule is CCCC(O)CCCCCCCCCC(CC)S(=O)(=O)O. The monoisotopic (exact) mass is 322 g/mol. The molecule has 0 aliphatic carbocycles. The number of rotatable bonds is 14. The van der Waals surface area contributed by atoms with E-state index in [1.165, 1.54) is 19.3 Å². The van der Waals surface area contributed by atoms with Crippen LogP contribution in [0, 0.1) is 0 Å². The second-order valence-electron chi connectivity index (χ2n) is 6.04. The summed E-state index contributed by atoms with van der Waals surface area (Å²) in [5, 5.41) is 9.01. The average molecular weight is 323 g/mol. The molecule has 0 radical (unpaired) electrons. The summed E-state index contributed by atoms with van der Waals surface area (Å²) in [5.74, 6) is 0. The minimum Gasteiger partial charge on any atom is -0.393 e. The minimum atomic E-state index is -3.86. The van der Waals surface area contributed by atoms with Crippen LogP contribution in [0.15, 0.2) is 0 Å². The highest BCUT2D eigenvalue weighted by Gasteiger charge is 2.19. The maximum Gasteiger partial charge on any atom is 0.267 e. The Bertz CT molecular complexity index is 327. The van der Waals surface area contributed by atoms with Gasteiger partial charge in [-0.1, -0.05) is 65.2 Å². The van der Waals surface area contributed by atoms with E-state index >= 15 is 0 Å². The van der Waals surface area contributed by atoms with Gasteiger partial charge in [0.2, 0.25) is 0 Å². The summed E-state index contributed by atoms with van der Waals surface area (Å²) >= 11 is 0. The average Bonchev–Trinajstić information content (AvgIpc) is 2.40. The summed E-state index contributed by atoms with van der Waals surface area (Å²) in [6.45, 7) is 3.89. The third kappa shape index (κ3) is 12.1. The van der Waals surface area contributed by atoms with E-state index in [9.17, 15) is 13.5 Å². The standard InChI is InChI=1S/C16H34O4S/c1-3-12-15(17)13-10-8-6-5-7-9-11-14-16(4-2)21(18,19)20/h15-17H,3-14H2,1-2H3,(H,18,19,20). The Labute approximate surface area is 131 Å². The van der Waals surface area contributed by atoms with E-state index in [0.717, 1.165) is 44.9 Å². The highest BCUT2D eigenvalue weighted by molar-refractivity contribution is 7.86. The fourth-order valence-corrected chi connectivity index (χ4v) is 3.56. The van der Waals surface area contributed by atoms with Crippen molar-refractivity contribution in [1.82, 2.24) is 0 Å². The van der Waals surface area contributed by atoms with Crippen molar-refractivity contribution in [3.05, 3.63) is 0 Å². The van der Waals surface area contributed by atoms with Gasteiger partial charge in [0.05, 0.1) is 11.4 Å². The van der Waals surface area contributed by atoms with Crippen LogP contribution in [0.1, 0.15) is 90.9 Å². The summed E-state index contributed by atoms with van der Waals surface area (Å²) in [5.41, 5.74) is 0. The van der Waals surface area contributed by atoms with Crippen LogP contribution in [-0.4, -0.2) is 29.4 Å². The quantitative estimate of drug-likeness (QED) is 0.369. The largest absolute Gasteiger partial charge is 0.393 e. The first kappa shape index (κ1) is 20.9. The molecular weight excluding hydrogens is 288 g/mol. The van der Waals surface area contributed by atoms with Crippen LogP contribution in [0.4, 0.5) is 0 Å². The zero-order chi connectivity index (χ0) is 16.1. The third-order valence-electron chi connectivity index (χ3n) is 4.06. The molecule has 0 rings (SSSR count). The van der Waals surface area contributed by atoms with Crippen LogP contribution in [0.3, 0.4) is 0 Å². The molecule has 2 unspecified atom stereocenters. The fraction of sp³-hybridized carbons (Fsp3) is 1.00. The van der Waals surface area contributed by atoms with E-state index in [0.29, 0.717) is 12.8 Å². The lowest BCUT2D eigenvalue weighted by atomic mass is 10.0. The molecule has 0 aromatic rings. The van der Waals surface area contributed by atoms with Crippen molar-refractivity contribution >= 4 is 10.1 Å². The number of unbranched alkanes of at least 4 members (excludes halogenated alkanes) is 6. The van der Waals surface area contributed by atoms with Gasteiger partial charge in [0.15, 0.2) is 0 Å². The lowest BCUT2D eigenvalue weighted by Gasteiger charge is -2.11. The highest BCUT2D eigenvalue weighted by atomic mass is 32.2. The smallest absolute Gasteiger partial charge is 0.267 e. The third-order valence-corrected chi connectivity index (χ3v) is 5.47. The Morgan fingerprint density at radius 1 is 0.810 bits per heavy atom. The first-order valence-corrected chi connectivity index (χ1v) is 10.1. The molecule has 4 nitrogen and oxygen atoms in total. The van der Waals surface area contributed by atoms with Gasteiger partial charge in [-0.2, -0.15) is 8.42 Å². The molecule has 0 aromatic carbocycles. The molecule has 2 N–H and O–H groups in total. The van der Waals surface area contributed by atoms with Crippen LogP contribution in [0.2, 0.25) is 0 Å². The van der Waals surface area contributed by atoms with Gasteiger partial charge in [-0.25, -0.2) is 0 Å². The lowest BCUT2D eigenvalue weighted by Crippen LogP contribution is -2.19. The zero-order valence-corrected chi connectivity index (χ0v) is 14.6. The maximum absolute atomic E-state index is 11.0. The molecule has 0 fully saturated rings. The van der Waals surface area contributed by atoms with E-state index in [4.69, 9.17) is 4.55 Å². The number of aliphatic hydroxyl groups is 1. The van der Waals surface area contributed by atoms with Gasteiger partial charge in [-0.3, -0.25) is 4.55 Å². The first-order chi connectivity index (χ1) is 9.91. The predicted octanol–water partition coefficient (Wildman–Crippen LogP) is 4.32. The molecular formula is C16H34O4S. The molecule has 0 bridgehead atoms. The zero-order valence-electron chi connectivity index (χ0n) is 13.8. The predicted molar refractivity (Wildman–Crippen MR) is 88.1 cm³/mol. The van der Waals surface area contributed by atoms with Crippen molar-refractivity contribution in [3.8, 4) is 0 Å². The van der Waals surface area contributed by atoms with Crippen molar-refractivity contribution in [3.63, 3.8) is 0 Å². The molecule has 0 aromatic heterocycles. The summed E-state index contributed by atoms with van der Waals surface area (Å²) in [7, 11) is -3.86. The molecule has 0 spiro atoms. The van der Waals surface area contributed by atoms with E-state index in [-0.39, 0.29) is 6.10 Å². The summed E-state index contributed by atoms with van der Waals surface area (Å²) in [4.78, 5) is 0. The molecule has 128 valence electrons. The first-order valence-electron chi connectivity index (χ1n) is 8.56. The van der Waals surface area contributed by atoms with Crippen LogP contribution in [0.25, 0.3) is 0 Å². The molecule has 5 heteroatoms. The highest BCUT2D eigenvalue weighted by Crippen LogP contribution is 2.16.